The van der Waals surface area contributed by atoms with Crippen molar-refractivity contribution in [2.45, 2.75) is 19.3 Å². The van der Waals surface area contributed by atoms with Gasteiger partial charge in [-0.05, 0) is 30.9 Å². The number of fused-ring (bicyclic) bond motifs is 1. The summed E-state index contributed by atoms with van der Waals surface area (Å²) in [5.74, 6) is 1.20. The standard InChI is InChI=1S/C18H25N5O/c1-19-18(22-11-10-20-17(24)13-6-7-13)21-9-8-14-12-23-16-5-3-2-4-15(14)16/h2-5,12-13,23H,6-11H2,1H3,(H,20,24)(H2,19,21,22). The molecule has 1 aromatic heterocycles. The van der Waals surface area contributed by atoms with Gasteiger partial charge in [-0.1, -0.05) is 18.2 Å². The summed E-state index contributed by atoms with van der Waals surface area (Å²) in [6.45, 7) is 2.10. The number of carbonyl (C=O) groups is 1. The molecule has 1 aliphatic carbocycles. The molecule has 0 spiro atoms. The lowest BCUT2D eigenvalue weighted by Crippen LogP contribution is -2.42. The van der Waals surface area contributed by atoms with Gasteiger partial charge in [0.15, 0.2) is 5.96 Å². The van der Waals surface area contributed by atoms with Crippen LogP contribution in [0.3, 0.4) is 0 Å². The maximum atomic E-state index is 11.5. The first kappa shape index (κ1) is 16.4. The van der Waals surface area contributed by atoms with Crippen LogP contribution in [-0.2, 0) is 11.2 Å². The van der Waals surface area contributed by atoms with E-state index in [9.17, 15) is 4.79 Å². The smallest absolute Gasteiger partial charge is 0.223 e. The van der Waals surface area contributed by atoms with Crippen molar-refractivity contribution in [3.63, 3.8) is 0 Å². The molecule has 6 heteroatoms. The van der Waals surface area contributed by atoms with Crippen LogP contribution in [0.2, 0.25) is 0 Å². The van der Waals surface area contributed by atoms with Crippen molar-refractivity contribution in [1.82, 2.24) is 20.9 Å². The third-order valence-electron chi connectivity index (χ3n) is 4.25. The summed E-state index contributed by atoms with van der Waals surface area (Å²) in [5.41, 5.74) is 2.46. The highest BCUT2D eigenvalue weighted by Crippen LogP contribution is 2.28. The fourth-order valence-corrected chi connectivity index (χ4v) is 2.73. The van der Waals surface area contributed by atoms with Gasteiger partial charge in [0, 0.05) is 49.7 Å². The van der Waals surface area contributed by atoms with Crippen molar-refractivity contribution in [2.24, 2.45) is 10.9 Å². The molecule has 128 valence electrons. The molecule has 1 heterocycles. The van der Waals surface area contributed by atoms with Gasteiger partial charge in [0.25, 0.3) is 0 Å². The number of amides is 1. The Bertz CT molecular complexity index is 717. The molecule has 0 unspecified atom stereocenters. The van der Waals surface area contributed by atoms with Crippen molar-refractivity contribution in [2.75, 3.05) is 26.7 Å². The Hall–Kier alpha value is -2.50. The zero-order chi connectivity index (χ0) is 16.8. The van der Waals surface area contributed by atoms with E-state index in [1.807, 2.05) is 6.07 Å². The van der Waals surface area contributed by atoms with Crippen LogP contribution in [0.25, 0.3) is 10.9 Å². The predicted octanol–water partition coefficient (Wildman–Crippen LogP) is 1.40. The maximum absolute atomic E-state index is 11.5. The van der Waals surface area contributed by atoms with Gasteiger partial charge in [0.1, 0.15) is 0 Å². The van der Waals surface area contributed by atoms with E-state index in [2.05, 4.69) is 50.3 Å². The van der Waals surface area contributed by atoms with Crippen LogP contribution in [0.15, 0.2) is 35.5 Å². The first-order valence-electron chi connectivity index (χ1n) is 8.55. The molecule has 0 radical (unpaired) electrons. The molecule has 6 nitrogen and oxygen atoms in total. The number of guanidine groups is 1. The molecular formula is C18H25N5O. The summed E-state index contributed by atoms with van der Waals surface area (Å²) in [6, 6.07) is 8.32. The normalized spacial score (nSPS) is 14.6. The average molecular weight is 327 g/mol. The quantitative estimate of drug-likeness (QED) is 0.352. The van der Waals surface area contributed by atoms with Crippen molar-refractivity contribution in [1.29, 1.82) is 0 Å². The van der Waals surface area contributed by atoms with E-state index in [4.69, 9.17) is 0 Å². The molecule has 1 saturated carbocycles. The second-order valence-corrected chi connectivity index (χ2v) is 6.10. The van der Waals surface area contributed by atoms with Gasteiger partial charge >= 0.3 is 0 Å². The minimum atomic E-state index is 0.180. The zero-order valence-corrected chi connectivity index (χ0v) is 14.1. The first-order valence-corrected chi connectivity index (χ1v) is 8.55. The van der Waals surface area contributed by atoms with Gasteiger partial charge in [-0.25, -0.2) is 0 Å². The van der Waals surface area contributed by atoms with Crippen LogP contribution < -0.4 is 16.0 Å². The van der Waals surface area contributed by atoms with E-state index >= 15 is 0 Å². The molecule has 1 fully saturated rings. The molecule has 0 atom stereocenters. The number of hydrogen-bond donors (Lipinski definition) is 4. The van der Waals surface area contributed by atoms with Gasteiger partial charge in [-0.2, -0.15) is 0 Å². The SMILES string of the molecule is CN=C(NCCNC(=O)C1CC1)NCCc1c[nH]c2ccccc12. The maximum Gasteiger partial charge on any atom is 0.223 e. The highest BCUT2D eigenvalue weighted by molar-refractivity contribution is 5.83. The van der Waals surface area contributed by atoms with Crippen molar-refractivity contribution < 1.29 is 4.79 Å². The molecule has 0 bridgehead atoms. The molecule has 2 aromatic rings. The number of aliphatic imine (C=N–C) groups is 1. The summed E-state index contributed by atoms with van der Waals surface area (Å²) in [7, 11) is 1.75. The Morgan fingerprint density at radius 3 is 2.71 bits per heavy atom. The number of carbonyl (C=O) groups excluding carboxylic acids is 1. The Morgan fingerprint density at radius 1 is 1.17 bits per heavy atom. The average Bonchev–Trinajstić information content (AvgIpc) is 3.38. The number of nitrogens with zero attached hydrogens (tertiary/aromatic N) is 1. The number of para-hydroxylation sites is 1. The van der Waals surface area contributed by atoms with E-state index in [0.717, 1.165) is 31.8 Å². The molecule has 1 aromatic carbocycles. The summed E-state index contributed by atoms with van der Waals surface area (Å²) in [4.78, 5) is 19.0. The van der Waals surface area contributed by atoms with Crippen LogP contribution in [0.4, 0.5) is 0 Å². The lowest BCUT2D eigenvalue weighted by molar-refractivity contribution is -0.122. The fraction of sp³-hybridized carbons (Fsp3) is 0.444. The molecule has 24 heavy (non-hydrogen) atoms. The summed E-state index contributed by atoms with van der Waals surface area (Å²) >= 11 is 0. The minimum absolute atomic E-state index is 0.180. The van der Waals surface area contributed by atoms with Gasteiger partial charge in [-0.15, -0.1) is 0 Å². The summed E-state index contributed by atoms with van der Waals surface area (Å²) in [6.07, 6.45) is 5.06. The van der Waals surface area contributed by atoms with E-state index in [0.29, 0.717) is 13.1 Å². The van der Waals surface area contributed by atoms with Crippen LogP contribution >= 0.6 is 0 Å². The Kier molecular flexibility index (Phi) is 5.36. The van der Waals surface area contributed by atoms with Gasteiger partial charge in [0.05, 0.1) is 0 Å². The van der Waals surface area contributed by atoms with Crippen LogP contribution in [0.1, 0.15) is 18.4 Å². The Labute approximate surface area is 142 Å². The van der Waals surface area contributed by atoms with E-state index in [1.165, 1.54) is 16.5 Å². The van der Waals surface area contributed by atoms with Crippen LogP contribution in [0.5, 0.6) is 0 Å². The zero-order valence-electron chi connectivity index (χ0n) is 14.1. The number of hydrogen-bond acceptors (Lipinski definition) is 2. The van der Waals surface area contributed by atoms with E-state index in [1.54, 1.807) is 7.05 Å². The number of rotatable bonds is 7. The topological polar surface area (TPSA) is 81.3 Å². The monoisotopic (exact) mass is 327 g/mol. The number of benzene rings is 1. The molecule has 3 rings (SSSR count). The largest absolute Gasteiger partial charge is 0.361 e. The molecule has 1 aliphatic rings. The summed E-state index contributed by atoms with van der Waals surface area (Å²) < 4.78 is 0. The highest BCUT2D eigenvalue weighted by Gasteiger charge is 2.28. The number of aromatic amines is 1. The van der Waals surface area contributed by atoms with Gasteiger partial charge in [-0.3, -0.25) is 9.79 Å². The lowest BCUT2D eigenvalue weighted by Gasteiger charge is -2.12. The molecule has 4 N–H and O–H groups in total. The first-order chi connectivity index (χ1) is 11.8. The van der Waals surface area contributed by atoms with Crippen molar-refractivity contribution >= 4 is 22.8 Å². The van der Waals surface area contributed by atoms with Crippen molar-refractivity contribution in [3.8, 4) is 0 Å². The molecule has 0 aliphatic heterocycles. The molecular weight excluding hydrogens is 302 g/mol. The number of H-pyrrole nitrogens is 1. The van der Waals surface area contributed by atoms with Gasteiger partial charge in [0.2, 0.25) is 5.91 Å². The molecule has 0 saturated heterocycles. The fourth-order valence-electron chi connectivity index (χ4n) is 2.73. The third-order valence-corrected chi connectivity index (χ3v) is 4.25. The predicted molar refractivity (Wildman–Crippen MR) is 97.1 cm³/mol. The Balaban J connectivity index is 1.37. The van der Waals surface area contributed by atoms with Crippen molar-refractivity contribution in [3.05, 3.63) is 36.0 Å². The molecule has 1 amide bonds. The number of nitrogens with one attached hydrogen (secondary N) is 4. The Morgan fingerprint density at radius 2 is 1.92 bits per heavy atom. The second-order valence-electron chi connectivity index (χ2n) is 6.10. The lowest BCUT2D eigenvalue weighted by atomic mass is 10.1. The van der Waals surface area contributed by atoms with Gasteiger partial charge < -0.3 is 20.9 Å². The third kappa shape index (κ3) is 4.28. The van der Waals surface area contributed by atoms with Crippen LogP contribution in [-0.4, -0.2) is 43.5 Å². The van der Waals surface area contributed by atoms with E-state index < -0.39 is 0 Å². The van der Waals surface area contributed by atoms with Crippen LogP contribution in [0, 0.1) is 5.92 Å². The second kappa shape index (κ2) is 7.86. The van der Waals surface area contributed by atoms with E-state index in [-0.39, 0.29) is 11.8 Å². The minimum Gasteiger partial charge on any atom is -0.361 e. The highest BCUT2D eigenvalue weighted by atomic mass is 16.2. The number of aromatic nitrogens is 1. The summed E-state index contributed by atoms with van der Waals surface area (Å²) in [5, 5.41) is 10.7.